The van der Waals surface area contributed by atoms with E-state index in [1.807, 2.05) is 19.9 Å². The van der Waals surface area contributed by atoms with Crippen LogP contribution in [0.5, 0.6) is 0 Å². The van der Waals surface area contributed by atoms with Gasteiger partial charge in [-0.15, -0.1) is 0 Å². The van der Waals surface area contributed by atoms with Crippen molar-refractivity contribution in [3.63, 3.8) is 0 Å². The number of hydrogen-bond donors (Lipinski definition) is 1. The zero-order valence-electron chi connectivity index (χ0n) is 18.2. The lowest BCUT2D eigenvalue weighted by atomic mass is 10.1. The van der Waals surface area contributed by atoms with Gasteiger partial charge in [0.15, 0.2) is 0 Å². The summed E-state index contributed by atoms with van der Waals surface area (Å²) in [4.78, 5) is 12.8. The molecular formula is C23H31N3O3S. The van der Waals surface area contributed by atoms with Crippen molar-refractivity contribution in [3.8, 4) is 0 Å². The number of benzene rings is 2. The van der Waals surface area contributed by atoms with Crippen molar-refractivity contribution in [2.24, 2.45) is 5.10 Å². The minimum Gasteiger partial charge on any atom is -0.271 e. The molecule has 0 unspecified atom stereocenters. The van der Waals surface area contributed by atoms with Gasteiger partial charge in [-0.25, -0.2) is 13.8 Å². The number of nitrogens with zero attached hydrogens (tertiary/aromatic N) is 2. The van der Waals surface area contributed by atoms with Gasteiger partial charge in [0, 0.05) is 5.71 Å². The summed E-state index contributed by atoms with van der Waals surface area (Å²) >= 11 is 0. The molecule has 0 aliphatic carbocycles. The first kappa shape index (κ1) is 23.6. The van der Waals surface area contributed by atoms with Crippen LogP contribution >= 0.6 is 0 Å². The smallest absolute Gasteiger partial charge is 0.264 e. The van der Waals surface area contributed by atoms with E-state index in [0.29, 0.717) is 5.69 Å². The predicted molar refractivity (Wildman–Crippen MR) is 122 cm³/mol. The molecule has 0 aliphatic heterocycles. The van der Waals surface area contributed by atoms with Crippen LogP contribution in [-0.2, 0) is 14.8 Å². The summed E-state index contributed by atoms with van der Waals surface area (Å²) in [5.41, 5.74) is 5.91. The van der Waals surface area contributed by atoms with Crippen molar-refractivity contribution in [1.82, 2.24) is 5.43 Å². The summed E-state index contributed by atoms with van der Waals surface area (Å²) in [6.45, 7) is 7.63. The van der Waals surface area contributed by atoms with Crippen molar-refractivity contribution in [2.75, 3.05) is 10.8 Å². The highest BCUT2D eigenvalue weighted by Crippen LogP contribution is 2.25. The summed E-state index contributed by atoms with van der Waals surface area (Å²) in [6, 6.07) is 13.5. The molecule has 0 saturated carbocycles. The van der Waals surface area contributed by atoms with E-state index in [0.717, 1.165) is 46.8 Å². The largest absolute Gasteiger partial charge is 0.271 e. The quantitative estimate of drug-likeness (QED) is 0.444. The molecule has 1 amide bonds. The van der Waals surface area contributed by atoms with Gasteiger partial charge in [-0.05, 0) is 62.1 Å². The summed E-state index contributed by atoms with van der Waals surface area (Å²) in [7, 11) is -3.91. The molecule has 0 fully saturated rings. The van der Waals surface area contributed by atoms with Gasteiger partial charge < -0.3 is 0 Å². The second-order valence-electron chi connectivity index (χ2n) is 7.31. The zero-order valence-corrected chi connectivity index (χ0v) is 19.0. The minimum atomic E-state index is -3.91. The molecule has 0 heterocycles. The van der Waals surface area contributed by atoms with Gasteiger partial charge in [0.25, 0.3) is 15.9 Å². The van der Waals surface area contributed by atoms with E-state index in [1.54, 1.807) is 30.3 Å². The Labute approximate surface area is 180 Å². The minimum absolute atomic E-state index is 0.136. The number of nitrogens with one attached hydrogen (secondary N) is 1. The fourth-order valence-electron chi connectivity index (χ4n) is 3.04. The number of carbonyl (C=O) groups excluding carboxylic acids is 1. The highest BCUT2D eigenvalue weighted by atomic mass is 32.2. The van der Waals surface area contributed by atoms with Crippen molar-refractivity contribution in [3.05, 3.63) is 59.7 Å². The summed E-state index contributed by atoms with van der Waals surface area (Å²) in [5.74, 6) is -0.475. The van der Waals surface area contributed by atoms with Crippen LogP contribution in [0.15, 0.2) is 58.5 Å². The number of aryl methyl sites for hydroxylation is 2. The van der Waals surface area contributed by atoms with Crippen molar-refractivity contribution in [2.45, 2.75) is 58.3 Å². The number of anilines is 1. The molecule has 2 aromatic rings. The topological polar surface area (TPSA) is 78.8 Å². The van der Waals surface area contributed by atoms with E-state index in [9.17, 15) is 13.2 Å². The Bertz CT molecular complexity index is 978. The summed E-state index contributed by atoms with van der Waals surface area (Å²) in [5, 5.41) is 4.23. The van der Waals surface area contributed by atoms with Gasteiger partial charge in [0.2, 0.25) is 0 Å². The number of hydrogen-bond acceptors (Lipinski definition) is 4. The maximum absolute atomic E-state index is 13.3. The van der Waals surface area contributed by atoms with Gasteiger partial charge in [-0.3, -0.25) is 9.10 Å². The van der Waals surface area contributed by atoms with Gasteiger partial charge >= 0.3 is 0 Å². The molecule has 7 heteroatoms. The Morgan fingerprint density at radius 1 is 0.967 bits per heavy atom. The molecule has 6 nitrogen and oxygen atoms in total. The second-order valence-corrected chi connectivity index (χ2v) is 9.17. The standard InChI is InChI=1S/C23H31N3O3S/c1-5-10-20(11-6-2)24-25-23(27)17-26(21-15-14-18(3)19(4)16-21)30(28,29)22-12-8-7-9-13-22/h7-9,12-16H,5-6,10-11,17H2,1-4H3,(H,25,27). The molecule has 0 aliphatic rings. The maximum Gasteiger partial charge on any atom is 0.264 e. The number of carbonyl (C=O) groups is 1. The Morgan fingerprint density at radius 2 is 1.60 bits per heavy atom. The Balaban J connectivity index is 2.35. The first-order valence-corrected chi connectivity index (χ1v) is 11.7. The van der Waals surface area contributed by atoms with Gasteiger partial charge in [-0.2, -0.15) is 5.10 Å². The average Bonchev–Trinajstić information content (AvgIpc) is 2.73. The fraction of sp³-hybridized carbons (Fsp3) is 0.391. The van der Waals surface area contributed by atoms with E-state index >= 15 is 0 Å². The molecule has 0 atom stereocenters. The highest BCUT2D eigenvalue weighted by molar-refractivity contribution is 7.92. The van der Waals surface area contributed by atoms with Gasteiger partial charge in [-0.1, -0.05) is 51.0 Å². The van der Waals surface area contributed by atoms with E-state index < -0.39 is 15.9 Å². The zero-order chi connectivity index (χ0) is 22.1. The maximum atomic E-state index is 13.3. The van der Waals surface area contributed by atoms with Crippen molar-refractivity contribution in [1.29, 1.82) is 0 Å². The Hall–Kier alpha value is -2.67. The summed E-state index contributed by atoms with van der Waals surface area (Å²) in [6.07, 6.45) is 3.48. The SMILES string of the molecule is CCCC(CCC)=NNC(=O)CN(c1ccc(C)c(C)c1)S(=O)(=O)c1ccccc1. The molecule has 2 rings (SSSR count). The molecule has 30 heavy (non-hydrogen) atoms. The molecule has 0 spiro atoms. The van der Waals surface area contributed by atoms with E-state index in [2.05, 4.69) is 24.4 Å². The lowest BCUT2D eigenvalue weighted by molar-refractivity contribution is -0.119. The van der Waals surface area contributed by atoms with Crippen LogP contribution in [0.2, 0.25) is 0 Å². The van der Waals surface area contributed by atoms with Crippen molar-refractivity contribution >= 4 is 27.3 Å². The molecule has 2 aromatic carbocycles. The third-order valence-corrected chi connectivity index (χ3v) is 6.60. The number of amides is 1. The third-order valence-electron chi connectivity index (χ3n) is 4.81. The van der Waals surface area contributed by atoms with E-state index in [-0.39, 0.29) is 11.4 Å². The number of hydrazone groups is 1. The first-order valence-electron chi connectivity index (χ1n) is 10.3. The second kappa shape index (κ2) is 10.9. The summed E-state index contributed by atoms with van der Waals surface area (Å²) < 4.78 is 27.8. The Morgan fingerprint density at radius 3 is 2.17 bits per heavy atom. The molecular weight excluding hydrogens is 398 g/mol. The van der Waals surface area contributed by atoms with E-state index in [1.165, 1.54) is 12.1 Å². The molecule has 0 bridgehead atoms. The third kappa shape index (κ3) is 6.16. The van der Waals surface area contributed by atoms with Crippen LogP contribution in [0.25, 0.3) is 0 Å². The molecule has 1 N–H and O–H groups in total. The van der Waals surface area contributed by atoms with Crippen LogP contribution in [0.3, 0.4) is 0 Å². The van der Waals surface area contributed by atoms with Gasteiger partial charge in [0.05, 0.1) is 10.6 Å². The average molecular weight is 430 g/mol. The lowest BCUT2D eigenvalue weighted by Crippen LogP contribution is -2.39. The van der Waals surface area contributed by atoms with Gasteiger partial charge in [0.1, 0.15) is 6.54 Å². The molecule has 0 saturated heterocycles. The van der Waals surface area contributed by atoms with Crippen LogP contribution < -0.4 is 9.73 Å². The van der Waals surface area contributed by atoms with Crippen LogP contribution in [0.4, 0.5) is 5.69 Å². The monoisotopic (exact) mass is 429 g/mol. The normalized spacial score (nSPS) is 11.1. The number of rotatable bonds is 10. The molecule has 0 aromatic heterocycles. The predicted octanol–water partition coefficient (Wildman–Crippen LogP) is 4.57. The number of sulfonamides is 1. The fourth-order valence-corrected chi connectivity index (χ4v) is 4.47. The van der Waals surface area contributed by atoms with Crippen molar-refractivity contribution < 1.29 is 13.2 Å². The van der Waals surface area contributed by atoms with Crippen LogP contribution in [-0.4, -0.2) is 26.6 Å². The lowest BCUT2D eigenvalue weighted by Gasteiger charge is -2.24. The highest BCUT2D eigenvalue weighted by Gasteiger charge is 2.27. The van der Waals surface area contributed by atoms with E-state index in [4.69, 9.17) is 0 Å². The molecule has 0 radical (unpaired) electrons. The molecule has 162 valence electrons. The van der Waals surface area contributed by atoms with Crippen LogP contribution in [0, 0.1) is 13.8 Å². The van der Waals surface area contributed by atoms with Crippen LogP contribution in [0.1, 0.15) is 50.7 Å². The Kier molecular flexibility index (Phi) is 8.59. The first-order chi connectivity index (χ1) is 14.3.